The third-order valence-electron chi connectivity index (χ3n) is 12.2. The fourth-order valence-electron chi connectivity index (χ4n) is 9.55. The van der Waals surface area contributed by atoms with Crippen molar-refractivity contribution in [3.05, 3.63) is 217 Å². The fourth-order valence-corrected chi connectivity index (χ4v) is 9.55. The van der Waals surface area contributed by atoms with E-state index in [2.05, 4.69) is 230 Å². The minimum atomic E-state index is -0.186. The van der Waals surface area contributed by atoms with E-state index < -0.39 is 0 Å². The van der Waals surface area contributed by atoms with Crippen molar-refractivity contribution in [3.8, 4) is 11.1 Å². The minimum Gasteiger partial charge on any atom is -0.309 e. The van der Waals surface area contributed by atoms with Gasteiger partial charge in [-0.1, -0.05) is 172 Å². The minimum absolute atomic E-state index is 0.186. The van der Waals surface area contributed by atoms with Gasteiger partial charge in [0.2, 0.25) is 0 Å². The Bertz CT molecular complexity index is 3150. The zero-order valence-corrected chi connectivity index (χ0v) is 32.0. The molecule has 0 N–H and O–H groups in total. The van der Waals surface area contributed by atoms with Crippen LogP contribution in [0.5, 0.6) is 0 Å². The molecule has 1 aliphatic carbocycles. The van der Waals surface area contributed by atoms with Crippen molar-refractivity contribution in [3.63, 3.8) is 0 Å². The number of hydrogen-bond donors (Lipinski definition) is 0. The smallest absolute Gasteiger partial charge is 0.0620 e. The van der Waals surface area contributed by atoms with Crippen molar-refractivity contribution in [1.82, 2.24) is 0 Å². The molecule has 0 atom stereocenters. The monoisotopic (exact) mass is 728 g/mol. The van der Waals surface area contributed by atoms with Crippen LogP contribution in [0.2, 0.25) is 0 Å². The molecule has 2 heteroatoms. The summed E-state index contributed by atoms with van der Waals surface area (Å²) in [4.78, 5) is 5.03. The normalized spacial score (nSPS) is 12.9. The fraction of sp³-hybridized carbons (Fsp3) is 0.0545. The number of nitrogens with zero attached hydrogens (tertiary/aromatic N) is 2. The topological polar surface area (TPSA) is 6.48 Å². The molecule has 2 nitrogen and oxygen atoms in total. The van der Waals surface area contributed by atoms with E-state index >= 15 is 0 Å². The van der Waals surface area contributed by atoms with E-state index in [0.29, 0.717) is 0 Å². The van der Waals surface area contributed by atoms with Crippen LogP contribution in [0.1, 0.15) is 25.0 Å². The van der Waals surface area contributed by atoms with Crippen LogP contribution in [0.4, 0.5) is 34.1 Å². The molecule has 0 radical (unpaired) electrons. The second-order valence-corrected chi connectivity index (χ2v) is 15.7. The van der Waals surface area contributed by atoms with Gasteiger partial charge >= 0.3 is 0 Å². The van der Waals surface area contributed by atoms with E-state index in [0.717, 1.165) is 22.7 Å². The molecular formula is C55H40N2. The maximum Gasteiger partial charge on any atom is 0.0620 e. The Morgan fingerprint density at radius 1 is 0.316 bits per heavy atom. The van der Waals surface area contributed by atoms with Crippen LogP contribution >= 0.6 is 0 Å². The van der Waals surface area contributed by atoms with Gasteiger partial charge in [0.05, 0.1) is 22.7 Å². The van der Waals surface area contributed by atoms with E-state index in [4.69, 9.17) is 0 Å². The molecule has 57 heavy (non-hydrogen) atoms. The molecule has 1 aliphatic rings. The zero-order valence-electron chi connectivity index (χ0n) is 32.0. The Morgan fingerprint density at radius 3 is 1.28 bits per heavy atom. The molecule has 0 aromatic heterocycles. The Morgan fingerprint density at radius 2 is 0.737 bits per heavy atom. The highest BCUT2D eigenvalue weighted by molar-refractivity contribution is 6.25. The van der Waals surface area contributed by atoms with E-state index in [1.165, 1.54) is 76.7 Å². The zero-order chi connectivity index (χ0) is 38.1. The van der Waals surface area contributed by atoms with Gasteiger partial charge in [-0.15, -0.1) is 0 Å². The number of rotatable bonds is 6. The number of hydrogen-bond acceptors (Lipinski definition) is 2. The molecule has 0 amide bonds. The molecule has 0 saturated heterocycles. The lowest BCUT2D eigenvalue weighted by atomic mass is 9.81. The highest BCUT2D eigenvalue weighted by Gasteiger charge is 2.37. The maximum atomic E-state index is 2.53. The molecule has 0 fully saturated rings. The number of anilines is 6. The quantitative estimate of drug-likeness (QED) is 0.124. The molecule has 0 saturated carbocycles. The van der Waals surface area contributed by atoms with Gasteiger partial charge in [-0.3, -0.25) is 0 Å². The van der Waals surface area contributed by atoms with E-state index in [-0.39, 0.29) is 5.41 Å². The highest BCUT2D eigenvalue weighted by Crippen LogP contribution is 2.57. The van der Waals surface area contributed by atoms with E-state index in [9.17, 15) is 0 Å². The lowest BCUT2D eigenvalue weighted by Gasteiger charge is -2.34. The van der Waals surface area contributed by atoms with Crippen LogP contribution < -0.4 is 9.80 Å². The lowest BCUT2D eigenvalue weighted by Crippen LogP contribution is -2.17. The first kappa shape index (κ1) is 33.2. The summed E-state index contributed by atoms with van der Waals surface area (Å²) in [7, 11) is 0. The molecule has 11 rings (SSSR count). The summed E-state index contributed by atoms with van der Waals surface area (Å²) in [5.74, 6) is 0. The molecule has 0 spiro atoms. The average molecular weight is 729 g/mol. The van der Waals surface area contributed by atoms with Crippen LogP contribution in [0.25, 0.3) is 54.2 Å². The van der Waals surface area contributed by atoms with Crippen molar-refractivity contribution < 1.29 is 0 Å². The third-order valence-corrected chi connectivity index (χ3v) is 12.2. The molecule has 270 valence electrons. The van der Waals surface area contributed by atoms with Gasteiger partial charge in [0.1, 0.15) is 0 Å². The highest BCUT2D eigenvalue weighted by atomic mass is 15.2. The number of para-hydroxylation sites is 2. The molecular weight excluding hydrogens is 689 g/mol. The molecule has 0 unspecified atom stereocenters. The van der Waals surface area contributed by atoms with Gasteiger partial charge in [-0.25, -0.2) is 0 Å². The summed E-state index contributed by atoms with van der Waals surface area (Å²) >= 11 is 0. The first-order valence-electron chi connectivity index (χ1n) is 19.9. The van der Waals surface area contributed by atoms with Crippen LogP contribution in [-0.2, 0) is 5.41 Å². The molecule has 10 aromatic carbocycles. The molecule has 0 heterocycles. The molecule has 0 aliphatic heterocycles. The Balaban J connectivity index is 1.35. The summed E-state index contributed by atoms with van der Waals surface area (Å²) in [6, 6.07) is 75.8. The van der Waals surface area contributed by atoms with Gasteiger partial charge in [0.15, 0.2) is 0 Å². The molecule has 0 bridgehead atoms. The largest absolute Gasteiger partial charge is 0.309 e. The lowest BCUT2D eigenvalue weighted by molar-refractivity contribution is 0.661. The van der Waals surface area contributed by atoms with Crippen molar-refractivity contribution in [2.24, 2.45) is 0 Å². The first-order valence-corrected chi connectivity index (χ1v) is 19.9. The molecule has 10 aromatic rings. The van der Waals surface area contributed by atoms with Crippen molar-refractivity contribution in [2.45, 2.75) is 19.3 Å². The van der Waals surface area contributed by atoms with Crippen molar-refractivity contribution in [2.75, 3.05) is 9.80 Å². The summed E-state index contributed by atoms with van der Waals surface area (Å²) < 4.78 is 0. The van der Waals surface area contributed by atoms with E-state index in [1.54, 1.807) is 0 Å². The second-order valence-electron chi connectivity index (χ2n) is 15.7. The van der Waals surface area contributed by atoms with Gasteiger partial charge < -0.3 is 9.80 Å². The summed E-state index contributed by atoms with van der Waals surface area (Å²) in [5.41, 5.74) is 12.0. The standard InChI is InChI=1S/C55H40N2/c1-55(2)49-32-16-15-29-43(49)46-35-47-48(36-50(46)55)54(57(40-25-7-4-8-26-40)52-34-18-22-38-20-10-12-28-42(38)52)45-31-14-13-30-44(45)53(47)56(39-23-5-3-6-24-39)51-33-17-21-37-19-9-11-27-41(37)51/h3-36H,1-2H3. The Kier molecular flexibility index (Phi) is 7.55. The SMILES string of the molecule is CC1(C)c2ccccc2-c2cc3c(N(c4ccccc4)c4cccc5ccccc45)c4ccccc4c(N(c4ccccc4)c4cccc5ccccc45)c3cc21. The Labute approximate surface area is 333 Å². The van der Waals surface area contributed by atoms with Crippen molar-refractivity contribution in [1.29, 1.82) is 0 Å². The Hall–Kier alpha value is -7.16. The summed E-state index contributed by atoms with van der Waals surface area (Å²) in [6.07, 6.45) is 0. The van der Waals surface area contributed by atoms with Gasteiger partial charge in [-0.2, -0.15) is 0 Å². The van der Waals surface area contributed by atoms with Gasteiger partial charge in [0, 0.05) is 49.1 Å². The number of benzene rings is 10. The number of fused-ring (bicyclic) bond motifs is 7. The van der Waals surface area contributed by atoms with Gasteiger partial charge in [0.25, 0.3) is 0 Å². The third kappa shape index (κ3) is 5.11. The van der Waals surface area contributed by atoms with Crippen LogP contribution in [0.3, 0.4) is 0 Å². The second kappa shape index (κ2) is 13.0. The van der Waals surface area contributed by atoms with Crippen LogP contribution in [0.15, 0.2) is 206 Å². The van der Waals surface area contributed by atoms with Crippen LogP contribution in [0, 0.1) is 0 Å². The van der Waals surface area contributed by atoms with Crippen molar-refractivity contribution >= 4 is 77.2 Å². The van der Waals surface area contributed by atoms with Gasteiger partial charge in [-0.05, 0) is 81.6 Å². The van der Waals surface area contributed by atoms with Crippen LogP contribution in [-0.4, -0.2) is 0 Å². The first-order chi connectivity index (χ1) is 28.1. The summed E-state index contributed by atoms with van der Waals surface area (Å²) in [5, 5.41) is 9.62. The predicted molar refractivity (Wildman–Crippen MR) is 243 cm³/mol. The average Bonchev–Trinajstić information content (AvgIpc) is 3.49. The predicted octanol–water partition coefficient (Wildman–Crippen LogP) is 15.5. The summed E-state index contributed by atoms with van der Waals surface area (Å²) in [6.45, 7) is 4.77. The maximum absolute atomic E-state index is 2.53. The van der Waals surface area contributed by atoms with E-state index in [1.807, 2.05) is 0 Å².